The summed E-state index contributed by atoms with van der Waals surface area (Å²) in [5, 5.41) is 14.6. The van der Waals surface area contributed by atoms with Gasteiger partial charge in [0.25, 0.3) is 0 Å². The Morgan fingerprint density at radius 1 is 1.13 bits per heavy atom. The number of benzene rings is 1. The molecule has 2 rings (SSSR count). The van der Waals surface area contributed by atoms with Crippen molar-refractivity contribution in [3.05, 3.63) is 35.9 Å². The maximum atomic E-state index is 13.4. The minimum Gasteiger partial charge on any atom is -0.480 e. The lowest BCUT2D eigenvalue weighted by atomic mass is 10.0. The SMILES string of the molecule is CC(N)C(=O)NC(Cc1ccccc1)C(=O)N1CCCC1C(=O)NC(C(=O)O)C(C)C. The molecular weight excluding hydrogens is 400 g/mol. The van der Waals surface area contributed by atoms with E-state index >= 15 is 0 Å². The van der Waals surface area contributed by atoms with Crippen molar-refractivity contribution in [1.29, 1.82) is 0 Å². The molecule has 1 saturated heterocycles. The van der Waals surface area contributed by atoms with Gasteiger partial charge in [-0.1, -0.05) is 44.2 Å². The first-order valence-corrected chi connectivity index (χ1v) is 10.5. The van der Waals surface area contributed by atoms with Crippen LogP contribution < -0.4 is 16.4 Å². The number of hydrogen-bond acceptors (Lipinski definition) is 5. The van der Waals surface area contributed by atoms with Crippen LogP contribution in [-0.4, -0.2) is 64.4 Å². The number of nitrogens with one attached hydrogen (secondary N) is 2. The summed E-state index contributed by atoms with van der Waals surface area (Å²) in [6, 6.07) is 5.76. The highest BCUT2D eigenvalue weighted by molar-refractivity contribution is 5.94. The topological polar surface area (TPSA) is 142 Å². The number of hydrogen-bond donors (Lipinski definition) is 4. The van der Waals surface area contributed by atoms with E-state index in [-0.39, 0.29) is 18.2 Å². The largest absolute Gasteiger partial charge is 0.480 e. The maximum Gasteiger partial charge on any atom is 0.326 e. The number of carboxylic acid groups (broad SMARTS) is 1. The molecule has 1 aliphatic rings. The van der Waals surface area contributed by atoms with Gasteiger partial charge in [-0.05, 0) is 31.2 Å². The lowest BCUT2D eigenvalue weighted by Gasteiger charge is -2.30. The van der Waals surface area contributed by atoms with Crippen LogP contribution in [0.5, 0.6) is 0 Å². The van der Waals surface area contributed by atoms with Gasteiger partial charge in [-0.3, -0.25) is 14.4 Å². The lowest BCUT2D eigenvalue weighted by molar-refractivity contribution is -0.145. The molecule has 0 spiro atoms. The summed E-state index contributed by atoms with van der Waals surface area (Å²) in [4.78, 5) is 51.3. The van der Waals surface area contributed by atoms with E-state index in [0.29, 0.717) is 19.4 Å². The van der Waals surface area contributed by atoms with E-state index in [1.807, 2.05) is 30.3 Å². The van der Waals surface area contributed by atoms with Gasteiger partial charge in [0.15, 0.2) is 0 Å². The van der Waals surface area contributed by atoms with Crippen molar-refractivity contribution in [3.8, 4) is 0 Å². The first-order chi connectivity index (χ1) is 14.6. The number of carbonyl (C=O) groups is 4. The minimum absolute atomic E-state index is 0.257. The fourth-order valence-corrected chi connectivity index (χ4v) is 3.62. The number of carbonyl (C=O) groups excluding carboxylic acids is 3. The zero-order valence-corrected chi connectivity index (χ0v) is 18.2. The Bertz CT molecular complexity index is 796. The molecule has 31 heavy (non-hydrogen) atoms. The summed E-state index contributed by atoms with van der Waals surface area (Å²) in [7, 11) is 0. The van der Waals surface area contributed by atoms with Gasteiger partial charge in [-0.25, -0.2) is 4.79 Å². The molecule has 9 heteroatoms. The summed E-state index contributed by atoms with van der Waals surface area (Å²) in [5.74, 6) is -2.76. The Morgan fingerprint density at radius 2 is 1.77 bits per heavy atom. The fourth-order valence-electron chi connectivity index (χ4n) is 3.62. The van der Waals surface area contributed by atoms with E-state index < -0.39 is 42.0 Å². The predicted molar refractivity (Wildman–Crippen MR) is 115 cm³/mol. The second-order valence-electron chi connectivity index (χ2n) is 8.30. The van der Waals surface area contributed by atoms with Crippen molar-refractivity contribution < 1.29 is 24.3 Å². The van der Waals surface area contributed by atoms with Crippen LogP contribution >= 0.6 is 0 Å². The van der Waals surface area contributed by atoms with Gasteiger partial charge in [0.05, 0.1) is 6.04 Å². The molecule has 3 amide bonds. The van der Waals surface area contributed by atoms with Crippen LogP contribution in [0.25, 0.3) is 0 Å². The van der Waals surface area contributed by atoms with E-state index in [4.69, 9.17) is 5.73 Å². The van der Waals surface area contributed by atoms with Crippen LogP contribution in [0.2, 0.25) is 0 Å². The van der Waals surface area contributed by atoms with Gasteiger partial charge < -0.3 is 26.4 Å². The summed E-state index contributed by atoms with van der Waals surface area (Å²) < 4.78 is 0. The quantitative estimate of drug-likeness (QED) is 0.441. The Kier molecular flexibility index (Phi) is 8.56. The predicted octanol–water partition coefficient (Wildman–Crippen LogP) is 0.278. The highest BCUT2D eigenvalue weighted by Crippen LogP contribution is 2.20. The summed E-state index contributed by atoms with van der Waals surface area (Å²) >= 11 is 0. The first kappa shape index (κ1) is 24.3. The number of nitrogens with two attached hydrogens (primary N) is 1. The Balaban J connectivity index is 2.20. The molecule has 4 unspecified atom stereocenters. The molecule has 1 aliphatic heterocycles. The van der Waals surface area contributed by atoms with Crippen LogP contribution in [-0.2, 0) is 25.6 Å². The van der Waals surface area contributed by atoms with E-state index in [9.17, 15) is 24.3 Å². The number of likely N-dealkylation sites (tertiary alicyclic amines) is 1. The molecule has 0 aliphatic carbocycles. The molecule has 0 aromatic heterocycles. The molecule has 5 N–H and O–H groups in total. The average molecular weight is 433 g/mol. The van der Waals surface area contributed by atoms with Gasteiger partial charge in [0.2, 0.25) is 17.7 Å². The van der Waals surface area contributed by atoms with Gasteiger partial charge in [0, 0.05) is 13.0 Å². The van der Waals surface area contributed by atoms with E-state index in [1.165, 1.54) is 11.8 Å². The van der Waals surface area contributed by atoms with Crippen molar-refractivity contribution in [1.82, 2.24) is 15.5 Å². The van der Waals surface area contributed by atoms with Crippen LogP contribution in [0.1, 0.15) is 39.2 Å². The van der Waals surface area contributed by atoms with E-state index in [2.05, 4.69) is 10.6 Å². The molecule has 1 aromatic carbocycles. The van der Waals surface area contributed by atoms with E-state index in [0.717, 1.165) is 5.56 Å². The van der Waals surface area contributed by atoms with Gasteiger partial charge in [-0.2, -0.15) is 0 Å². The molecule has 0 bridgehead atoms. The zero-order chi connectivity index (χ0) is 23.1. The summed E-state index contributed by atoms with van der Waals surface area (Å²) in [6.07, 6.45) is 1.30. The van der Waals surface area contributed by atoms with Gasteiger partial charge in [-0.15, -0.1) is 0 Å². The first-order valence-electron chi connectivity index (χ1n) is 10.5. The number of amides is 3. The Labute approximate surface area is 182 Å². The standard InChI is InChI=1S/C22H32N4O5/c1-13(2)18(22(30)31)25-20(28)17-10-7-11-26(17)21(29)16(24-19(27)14(3)23)12-15-8-5-4-6-9-15/h4-6,8-9,13-14,16-18H,7,10-12,23H2,1-3H3,(H,24,27)(H,25,28)(H,30,31). The highest BCUT2D eigenvalue weighted by atomic mass is 16.4. The summed E-state index contributed by atoms with van der Waals surface area (Å²) in [5.41, 5.74) is 6.52. The monoisotopic (exact) mass is 432 g/mol. The molecule has 170 valence electrons. The number of aliphatic carboxylic acids is 1. The molecular formula is C22H32N4O5. The number of carboxylic acids is 1. The third kappa shape index (κ3) is 6.52. The Hall–Kier alpha value is -2.94. The minimum atomic E-state index is -1.12. The second kappa shape index (κ2) is 10.9. The van der Waals surface area contributed by atoms with Crippen molar-refractivity contribution >= 4 is 23.7 Å². The zero-order valence-electron chi connectivity index (χ0n) is 18.2. The molecule has 1 fully saturated rings. The van der Waals surface area contributed by atoms with E-state index in [1.54, 1.807) is 13.8 Å². The molecule has 1 heterocycles. The van der Waals surface area contributed by atoms with Crippen molar-refractivity contribution in [2.45, 2.75) is 64.2 Å². The van der Waals surface area contributed by atoms with Crippen LogP contribution in [0.15, 0.2) is 30.3 Å². The molecule has 1 aromatic rings. The third-order valence-electron chi connectivity index (χ3n) is 5.38. The second-order valence-corrected chi connectivity index (χ2v) is 8.30. The normalized spacial score (nSPS) is 18.9. The summed E-state index contributed by atoms with van der Waals surface area (Å²) in [6.45, 7) is 5.30. The third-order valence-corrected chi connectivity index (χ3v) is 5.38. The Morgan fingerprint density at radius 3 is 2.32 bits per heavy atom. The fraction of sp³-hybridized carbons (Fsp3) is 0.545. The highest BCUT2D eigenvalue weighted by Gasteiger charge is 2.39. The number of rotatable bonds is 9. The molecule has 4 atom stereocenters. The molecule has 9 nitrogen and oxygen atoms in total. The van der Waals surface area contributed by atoms with Crippen molar-refractivity contribution in [2.24, 2.45) is 11.7 Å². The van der Waals surface area contributed by atoms with Crippen molar-refractivity contribution in [3.63, 3.8) is 0 Å². The maximum absolute atomic E-state index is 13.4. The molecule has 0 radical (unpaired) electrons. The molecule has 0 saturated carbocycles. The lowest BCUT2D eigenvalue weighted by Crippen LogP contribution is -2.57. The van der Waals surface area contributed by atoms with Crippen LogP contribution in [0.4, 0.5) is 0 Å². The van der Waals surface area contributed by atoms with Crippen molar-refractivity contribution in [2.75, 3.05) is 6.54 Å². The van der Waals surface area contributed by atoms with Gasteiger partial charge in [0.1, 0.15) is 18.1 Å². The smallest absolute Gasteiger partial charge is 0.326 e. The van der Waals surface area contributed by atoms with Crippen LogP contribution in [0, 0.1) is 5.92 Å². The average Bonchev–Trinajstić information content (AvgIpc) is 3.20. The van der Waals surface area contributed by atoms with Crippen LogP contribution in [0.3, 0.4) is 0 Å². The number of nitrogens with zero attached hydrogens (tertiary/aromatic N) is 1. The van der Waals surface area contributed by atoms with Gasteiger partial charge >= 0.3 is 5.97 Å².